The maximum atomic E-state index is 13.4. The van der Waals surface area contributed by atoms with E-state index >= 15 is 0 Å². The van der Waals surface area contributed by atoms with Gasteiger partial charge in [0, 0.05) is 11.6 Å². The largest absolute Gasteiger partial charge is 0.486 e. The molecule has 21 heavy (non-hydrogen) atoms. The van der Waals surface area contributed by atoms with E-state index in [1.807, 2.05) is 0 Å². The summed E-state index contributed by atoms with van der Waals surface area (Å²) in [5.74, 6) is -1.39. The van der Waals surface area contributed by atoms with Crippen LogP contribution in [0.2, 0.25) is 0 Å². The number of carbonyl (C=O) groups excluding carboxylic acids is 1. The molecule has 0 aliphatic rings. The van der Waals surface area contributed by atoms with Crippen molar-refractivity contribution in [3.8, 4) is 5.75 Å². The Bertz CT molecular complexity index is 661. The van der Waals surface area contributed by atoms with Gasteiger partial charge in [-0.15, -0.1) is 0 Å². The van der Waals surface area contributed by atoms with Crippen molar-refractivity contribution < 1.29 is 18.3 Å². The SMILES string of the molecule is C/C=C/C(=O)c1ccc(COc2cc(F)ccc2F)cc1. The lowest BCUT2D eigenvalue weighted by molar-refractivity contribution is 0.104. The molecule has 0 bridgehead atoms. The summed E-state index contributed by atoms with van der Waals surface area (Å²) in [6.45, 7) is 1.87. The molecular weight excluding hydrogens is 274 g/mol. The van der Waals surface area contributed by atoms with Crippen LogP contribution in [0.1, 0.15) is 22.8 Å². The van der Waals surface area contributed by atoms with Crippen LogP contribution in [-0.4, -0.2) is 5.78 Å². The van der Waals surface area contributed by atoms with Crippen molar-refractivity contribution in [1.29, 1.82) is 0 Å². The fraction of sp³-hybridized carbons (Fsp3) is 0.118. The van der Waals surface area contributed by atoms with Crippen molar-refractivity contribution in [2.24, 2.45) is 0 Å². The number of carbonyl (C=O) groups is 1. The van der Waals surface area contributed by atoms with Gasteiger partial charge >= 0.3 is 0 Å². The number of ketones is 1. The minimum absolute atomic E-state index is 0.0823. The monoisotopic (exact) mass is 288 g/mol. The molecule has 0 amide bonds. The molecule has 0 aliphatic carbocycles. The van der Waals surface area contributed by atoms with Gasteiger partial charge in [0.2, 0.25) is 0 Å². The molecule has 0 spiro atoms. The van der Waals surface area contributed by atoms with E-state index in [1.165, 1.54) is 6.08 Å². The zero-order chi connectivity index (χ0) is 15.2. The Hall–Kier alpha value is -2.49. The van der Waals surface area contributed by atoms with Crippen molar-refractivity contribution >= 4 is 5.78 Å². The maximum absolute atomic E-state index is 13.4. The van der Waals surface area contributed by atoms with Gasteiger partial charge in [0.05, 0.1) is 0 Å². The van der Waals surface area contributed by atoms with Crippen molar-refractivity contribution in [2.75, 3.05) is 0 Å². The fourth-order valence-electron chi connectivity index (χ4n) is 1.76. The molecule has 0 aromatic heterocycles. The lowest BCUT2D eigenvalue weighted by Gasteiger charge is -2.07. The summed E-state index contributed by atoms with van der Waals surface area (Å²) < 4.78 is 31.6. The van der Waals surface area contributed by atoms with Crippen molar-refractivity contribution in [2.45, 2.75) is 13.5 Å². The van der Waals surface area contributed by atoms with Gasteiger partial charge in [0.25, 0.3) is 0 Å². The summed E-state index contributed by atoms with van der Waals surface area (Å²) in [6.07, 6.45) is 3.15. The highest BCUT2D eigenvalue weighted by atomic mass is 19.1. The molecule has 0 unspecified atom stereocenters. The van der Waals surface area contributed by atoms with Crippen LogP contribution in [-0.2, 0) is 6.61 Å². The first-order chi connectivity index (χ1) is 10.1. The average molecular weight is 288 g/mol. The summed E-state index contributed by atoms with van der Waals surface area (Å²) in [5.41, 5.74) is 1.32. The van der Waals surface area contributed by atoms with E-state index < -0.39 is 11.6 Å². The normalized spacial score (nSPS) is 10.8. The molecule has 0 fully saturated rings. The van der Waals surface area contributed by atoms with Crippen LogP contribution in [0.25, 0.3) is 0 Å². The van der Waals surface area contributed by atoms with Crippen LogP contribution in [0.15, 0.2) is 54.6 Å². The van der Waals surface area contributed by atoms with Gasteiger partial charge in [0.15, 0.2) is 17.3 Å². The highest BCUT2D eigenvalue weighted by molar-refractivity contribution is 6.04. The van der Waals surface area contributed by atoms with Gasteiger partial charge in [-0.25, -0.2) is 8.78 Å². The summed E-state index contributed by atoms with van der Waals surface area (Å²) in [7, 11) is 0. The molecule has 0 aliphatic heterocycles. The Balaban J connectivity index is 2.04. The molecule has 0 radical (unpaired) electrons. The zero-order valence-corrected chi connectivity index (χ0v) is 11.5. The van der Waals surface area contributed by atoms with E-state index in [9.17, 15) is 13.6 Å². The predicted octanol–water partition coefficient (Wildman–Crippen LogP) is 4.30. The minimum atomic E-state index is -0.615. The molecule has 2 rings (SSSR count). The lowest BCUT2D eigenvalue weighted by atomic mass is 10.1. The highest BCUT2D eigenvalue weighted by Gasteiger charge is 2.06. The van der Waals surface area contributed by atoms with Gasteiger partial charge in [-0.05, 0) is 30.7 Å². The van der Waals surface area contributed by atoms with Gasteiger partial charge in [-0.1, -0.05) is 30.3 Å². The number of hydrogen-bond donors (Lipinski definition) is 0. The van der Waals surface area contributed by atoms with Crippen LogP contribution in [0.5, 0.6) is 5.75 Å². The molecule has 0 atom stereocenters. The van der Waals surface area contributed by atoms with Crippen LogP contribution in [0, 0.1) is 11.6 Å². The average Bonchev–Trinajstić information content (AvgIpc) is 2.49. The predicted molar refractivity (Wildman–Crippen MR) is 76.3 cm³/mol. The third-order valence-corrected chi connectivity index (χ3v) is 2.84. The van der Waals surface area contributed by atoms with Gasteiger partial charge in [0.1, 0.15) is 12.4 Å². The van der Waals surface area contributed by atoms with Crippen molar-refractivity contribution in [3.05, 3.63) is 77.4 Å². The highest BCUT2D eigenvalue weighted by Crippen LogP contribution is 2.19. The number of allylic oxidation sites excluding steroid dienone is 2. The summed E-state index contributed by atoms with van der Waals surface area (Å²) >= 11 is 0. The van der Waals surface area contributed by atoms with Crippen molar-refractivity contribution in [1.82, 2.24) is 0 Å². The van der Waals surface area contributed by atoms with Crippen LogP contribution >= 0.6 is 0 Å². The van der Waals surface area contributed by atoms with E-state index in [0.717, 1.165) is 23.8 Å². The molecule has 2 nitrogen and oxygen atoms in total. The molecule has 0 heterocycles. The Morgan fingerprint density at radius 3 is 2.52 bits per heavy atom. The lowest BCUT2D eigenvalue weighted by Crippen LogP contribution is -1.99. The van der Waals surface area contributed by atoms with Crippen LogP contribution in [0.4, 0.5) is 8.78 Å². The number of ether oxygens (including phenoxy) is 1. The number of benzene rings is 2. The topological polar surface area (TPSA) is 26.3 Å². The zero-order valence-electron chi connectivity index (χ0n) is 11.5. The molecule has 0 N–H and O–H groups in total. The molecule has 4 heteroatoms. The van der Waals surface area contributed by atoms with E-state index in [0.29, 0.717) is 5.56 Å². The summed E-state index contributed by atoms with van der Waals surface area (Å²) in [6, 6.07) is 9.82. The minimum Gasteiger partial charge on any atom is -0.486 e. The standard InChI is InChI=1S/C17H14F2O2/c1-2-3-16(20)13-6-4-12(5-7-13)11-21-17-10-14(18)8-9-15(17)19/h2-10H,11H2,1H3/b3-2+. The molecule has 0 saturated carbocycles. The quantitative estimate of drug-likeness (QED) is 0.605. The fourth-order valence-corrected chi connectivity index (χ4v) is 1.76. The number of rotatable bonds is 5. The van der Waals surface area contributed by atoms with Gasteiger partial charge in [-0.2, -0.15) is 0 Å². The van der Waals surface area contributed by atoms with E-state index in [2.05, 4.69) is 0 Å². The van der Waals surface area contributed by atoms with Crippen LogP contribution < -0.4 is 4.74 Å². The Morgan fingerprint density at radius 1 is 1.14 bits per heavy atom. The number of halogens is 2. The van der Waals surface area contributed by atoms with Crippen molar-refractivity contribution in [3.63, 3.8) is 0 Å². The second-order valence-electron chi connectivity index (χ2n) is 4.42. The Labute approximate surface area is 121 Å². The first-order valence-corrected chi connectivity index (χ1v) is 6.44. The second-order valence-corrected chi connectivity index (χ2v) is 4.42. The first kappa shape index (κ1) is 14.9. The third-order valence-electron chi connectivity index (χ3n) is 2.84. The van der Waals surface area contributed by atoms with Gasteiger partial charge < -0.3 is 4.74 Å². The summed E-state index contributed by atoms with van der Waals surface area (Å²) in [4.78, 5) is 11.6. The van der Waals surface area contributed by atoms with E-state index in [1.54, 1.807) is 37.3 Å². The smallest absolute Gasteiger partial charge is 0.185 e. The Morgan fingerprint density at radius 2 is 1.86 bits per heavy atom. The first-order valence-electron chi connectivity index (χ1n) is 6.44. The molecular formula is C17H14F2O2. The molecule has 0 saturated heterocycles. The molecule has 2 aromatic carbocycles. The maximum Gasteiger partial charge on any atom is 0.185 e. The number of hydrogen-bond acceptors (Lipinski definition) is 2. The van der Waals surface area contributed by atoms with Crippen LogP contribution in [0.3, 0.4) is 0 Å². The molecule has 2 aromatic rings. The Kier molecular flexibility index (Phi) is 4.82. The summed E-state index contributed by atoms with van der Waals surface area (Å²) in [5, 5.41) is 0. The molecule has 108 valence electrons. The van der Waals surface area contributed by atoms with Gasteiger partial charge in [-0.3, -0.25) is 4.79 Å². The van der Waals surface area contributed by atoms with E-state index in [-0.39, 0.29) is 18.1 Å². The third kappa shape index (κ3) is 3.99. The van der Waals surface area contributed by atoms with E-state index in [4.69, 9.17) is 4.74 Å². The second kappa shape index (κ2) is 6.79.